The molecule has 1 heterocycles. The van der Waals surface area contributed by atoms with Gasteiger partial charge in [-0.25, -0.2) is 17.2 Å². The number of benzene rings is 3. The van der Waals surface area contributed by atoms with Gasteiger partial charge < -0.3 is 15.2 Å². The second kappa shape index (κ2) is 8.77. The van der Waals surface area contributed by atoms with Gasteiger partial charge in [-0.1, -0.05) is 23.2 Å². The van der Waals surface area contributed by atoms with E-state index in [1.165, 1.54) is 0 Å². The summed E-state index contributed by atoms with van der Waals surface area (Å²) in [6, 6.07) is 8.51. The number of fused-ring (bicyclic) bond motifs is 6. The zero-order chi connectivity index (χ0) is 24.8. The third-order valence-corrected chi connectivity index (χ3v) is 6.85. The molecule has 0 aromatic heterocycles. The van der Waals surface area contributed by atoms with Crippen LogP contribution in [0, 0.1) is 18.6 Å². The average Bonchev–Trinajstić information content (AvgIpc) is 2.76. The van der Waals surface area contributed by atoms with Crippen LogP contribution in [-0.2, 0) is 10.0 Å². The van der Waals surface area contributed by atoms with Crippen LogP contribution in [0.1, 0.15) is 22.8 Å². The van der Waals surface area contributed by atoms with Crippen LogP contribution < -0.4 is 14.8 Å². The lowest BCUT2D eigenvalue weighted by Crippen LogP contribution is -2.33. The number of hydrogen-bond donors (Lipinski definition) is 3. The van der Waals surface area contributed by atoms with Gasteiger partial charge in [0.25, 0.3) is 15.9 Å². The van der Waals surface area contributed by atoms with Crippen LogP contribution in [0.3, 0.4) is 0 Å². The third-order valence-electron chi connectivity index (χ3n) is 5.18. The molecule has 7 nitrogen and oxygen atoms in total. The molecule has 3 aromatic rings. The number of amides is 1. The second-order valence-electron chi connectivity index (χ2n) is 7.86. The molecule has 0 saturated carbocycles. The molecule has 3 aromatic carbocycles. The van der Waals surface area contributed by atoms with Crippen molar-refractivity contribution in [2.24, 2.45) is 0 Å². The van der Waals surface area contributed by atoms with Crippen LogP contribution in [0.15, 0.2) is 47.4 Å². The van der Waals surface area contributed by atoms with Crippen molar-refractivity contribution in [2.75, 3.05) is 11.3 Å². The molecule has 0 unspecified atom stereocenters. The van der Waals surface area contributed by atoms with Crippen molar-refractivity contribution in [3.63, 3.8) is 0 Å². The van der Waals surface area contributed by atoms with Gasteiger partial charge in [0.1, 0.15) is 28.4 Å². The van der Waals surface area contributed by atoms with E-state index in [1.807, 2.05) is 4.72 Å². The largest absolute Gasteiger partial charge is 0.505 e. The SMILES string of the molecule is Cc1ccc2c(c1)-c1cc(c(F)cc1F)NS(=O)(=O)c1cc(cc(Cl)c1O)C(=O)NC[C@H](C)O2. The number of phenols is 1. The zero-order valence-electron chi connectivity index (χ0n) is 17.9. The van der Waals surface area contributed by atoms with Crippen molar-refractivity contribution in [1.82, 2.24) is 5.32 Å². The Balaban J connectivity index is 1.97. The summed E-state index contributed by atoms with van der Waals surface area (Å²) in [5, 5.41) is 12.5. The Morgan fingerprint density at radius 1 is 1.09 bits per heavy atom. The topological polar surface area (TPSA) is 105 Å². The maximum Gasteiger partial charge on any atom is 0.265 e. The predicted octanol–water partition coefficient (Wildman–Crippen LogP) is 4.61. The van der Waals surface area contributed by atoms with Gasteiger partial charge in [-0.05, 0) is 44.2 Å². The number of nitrogens with one attached hydrogen (secondary N) is 2. The fraction of sp³-hybridized carbons (Fsp3) is 0.174. The summed E-state index contributed by atoms with van der Waals surface area (Å²) in [6.07, 6.45) is -0.576. The van der Waals surface area contributed by atoms with E-state index in [1.54, 1.807) is 32.0 Å². The lowest BCUT2D eigenvalue weighted by atomic mass is 10.0. The second-order valence-corrected chi connectivity index (χ2v) is 9.92. The molecule has 0 radical (unpaired) electrons. The lowest BCUT2D eigenvalue weighted by molar-refractivity contribution is 0.0932. The van der Waals surface area contributed by atoms with E-state index in [0.717, 1.165) is 23.8 Å². The van der Waals surface area contributed by atoms with Gasteiger partial charge >= 0.3 is 0 Å². The Hall–Kier alpha value is -3.37. The van der Waals surface area contributed by atoms with Crippen LogP contribution >= 0.6 is 11.6 Å². The van der Waals surface area contributed by atoms with Crippen molar-refractivity contribution in [2.45, 2.75) is 24.8 Å². The number of ether oxygens (including phenoxy) is 1. The van der Waals surface area contributed by atoms with Crippen LogP contribution in [0.2, 0.25) is 5.02 Å². The number of aromatic hydroxyl groups is 1. The summed E-state index contributed by atoms with van der Waals surface area (Å²) in [4.78, 5) is 11.9. The quantitative estimate of drug-likeness (QED) is 0.411. The van der Waals surface area contributed by atoms with Gasteiger partial charge in [0, 0.05) is 22.8 Å². The molecule has 178 valence electrons. The fourth-order valence-electron chi connectivity index (χ4n) is 3.50. The van der Waals surface area contributed by atoms with Crippen molar-refractivity contribution in [3.05, 3.63) is 70.2 Å². The van der Waals surface area contributed by atoms with E-state index < -0.39 is 55.0 Å². The van der Waals surface area contributed by atoms with E-state index in [0.29, 0.717) is 6.07 Å². The highest BCUT2D eigenvalue weighted by molar-refractivity contribution is 7.92. The van der Waals surface area contributed by atoms with Gasteiger partial charge in [-0.3, -0.25) is 9.52 Å². The number of anilines is 1. The number of phenolic OH excluding ortho intramolecular Hbond substituents is 1. The van der Waals surface area contributed by atoms with Crippen molar-refractivity contribution in [3.8, 4) is 22.6 Å². The maximum absolute atomic E-state index is 14.9. The first-order valence-electron chi connectivity index (χ1n) is 10.1. The first-order chi connectivity index (χ1) is 16.0. The minimum absolute atomic E-state index is 0.0160. The number of sulfonamides is 1. The molecular weight excluding hydrogens is 490 g/mol. The number of rotatable bonds is 0. The van der Waals surface area contributed by atoms with Gasteiger partial charge in [0.15, 0.2) is 5.75 Å². The summed E-state index contributed by atoms with van der Waals surface area (Å²) in [5.74, 6) is -3.37. The van der Waals surface area contributed by atoms with E-state index in [9.17, 15) is 27.1 Å². The fourth-order valence-corrected chi connectivity index (χ4v) is 4.97. The van der Waals surface area contributed by atoms with Crippen molar-refractivity contribution in [1.29, 1.82) is 0 Å². The molecule has 3 N–H and O–H groups in total. The molecule has 34 heavy (non-hydrogen) atoms. The van der Waals surface area contributed by atoms with Crippen molar-refractivity contribution >= 4 is 33.2 Å². The maximum atomic E-state index is 14.9. The summed E-state index contributed by atoms with van der Waals surface area (Å²) < 4.78 is 63.5. The Labute approximate surface area is 199 Å². The summed E-state index contributed by atoms with van der Waals surface area (Å²) >= 11 is 5.95. The van der Waals surface area contributed by atoms with Crippen LogP contribution in [-0.4, -0.2) is 32.1 Å². The Morgan fingerprint density at radius 3 is 2.56 bits per heavy atom. The van der Waals surface area contributed by atoms with E-state index in [2.05, 4.69) is 5.32 Å². The third kappa shape index (κ3) is 4.51. The van der Waals surface area contributed by atoms with E-state index >= 15 is 0 Å². The normalized spacial score (nSPS) is 17.3. The Bertz CT molecular complexity index is 1430. The zero-order valence-corrected chi connectivity index (χ0v) is 19.5. The van der Waals surface area contributed by atoms with Gasteiger partial charge in [-0.2, -0.15) is 0 Å². The van der Waals surface area contributed by atoms with E-state index in [-0.39, 0.29) is 29.0 Å². The molecule has 4 rings (SSSR count). The molecule has 4 bridgehead atoms. The average molecular weight is 509 g/mol. The number of carbonyl (C=O) groups is 1. The van der Waals surface area contributed by atoms with Crippen molar-refractivity contribution < 1.29 is 31.8 Å². The van der Waals surface area contributed by atoms with Crippen LogP contribution in [0.25, 0.3) is 11.1 Å². The molecule has 1 aliphatic rings. The van der Waals surface area contributed by atoms with E-state index in [4.69, 9.17) is 16.3 Å². The molecule has 0 saturated heterocycles. The highest BCUT2D eigenvalue weighted by atomic mass is 35.5. The minimum atomic E-state index is -4.64. The number of carbonyl (C=O) groups excluding carboxylic acids is 1. The molecule has 1 atom stereocenters. The molecule has 0 aliphatic carbocycles. The standard InChI is InChI=1S/C23H19ClF2N2O5S/c1-11-3-4-20-15(5-11)14-8-19(18(26)9-17(14)25)28-34(31,32)21-7-13(6-16(24)22(21)29)23(30)27-10-12(2)33-20/h3-9,12,28-29H,10H2,1-2H3,(H,27,30)/t12-/m0/s1. The first-order valence-corrected chi connectivity index (χ1v) is 11.9. The molecule has 0 fully saturated rings. The predicted molar refractivity (Wildman–Crippen MR) is 123 cm³/mol. The molecular formula is C23H19ClF2N2O5S. The van der Waals surface area contributed by atoms with Gasteiger partial charge in [-0.15, -0.1) is 0 Å². The monoisotopic (exact) mass is 508 g/mol. The van der Waals surface area contributed by atoms with Crippen LogP contribution in [0.4, 0.5) is 14.5 Å². The van der Waals surface area contributed by atoms with Crippen LogP contribution in [0.5, 0.6) is 11.5 Å². The number of halogens is 3. The minimum Gasteiger partial charge on any atom is -0.505 e. The highest BCUT2D eigenvalue weighted by Gasteiger charge is 2.26. The molecule has 1 aliphatic heterocycles. The Kier molecular flexibility index (Phi) is 6.13. The highest BCUT2D eigenvalue weighted by Crippen LogP contribution is 2.38. The molecule has 11 heteroatoms. The lowest BCUT2D eigenvalue weighted by Gasteiger charge is -2.19. The number of aryl methyl sites for hydroxylation is 1. The van der Waals surface area contributed by atoms with Gasteiger partial charge in [0.2, 0.25) is 0 Å². The number of hydrogen-bond acceptors (Lipinski definition) is 5. The summed E-state index contributed by atoms with van der Waals surface area (Å²) in [6.45, 7) is 3.46. The summed E-state index contributed by atoms with van der Waals surface area (Å²) in [5.41, 5.74) is 0.179. The molecule has 1 amide bonds. The Morgan fingerprint density at radius 2 is 1.82 bits per heavy atom. The smallest absolute Gasteiger partial charge is 0.265 e. The van der Waals surface area contributed by atoms with Gasteiger partial charge in [0.05, 0.1) is 17.3 Å². The summed E-state index contributed by atoms with van der Waals surface area (Å²) in [7, 11) is -4.64. The first kappa shape index (κ1) is 23.8. The molecule has 0 spiro atoms.